The highest BCUT2D eigenvalue weighted by Gasteiger charge is 2.33. The maximum absolute atomic E-state index is 12.7. The Bertz CT molecular complexity index is 682. The largest absolute Gasteiger partial charge is 0.433 e. The summed E-state index contributed by atoms with van der Waals surface area (Å²) in [5.41, 5.74) is -0.562. The molecule has 0 bridgehead atoms. The van der Waals surface area contributed by atoms with E-state index in [0.29, 0.717) is 5.69 Å². The quantitative estimate of drug-likeness (QED) is 0.941. The predicted molar refractivity (Wildman–Crippen MR) is 69.8 cm³/mol. The van der Waals surface area contributed by atoms with Crippen LogP contribution < -0.4 is 5.32 Å². The molecule has 0 aliphatic heterocycles. The Hall–Kier alpha value is -2.56. The lowest BCUT2D eigenvalue weighted by Gasteiger charge is -2.10. The molecule has 5 nitrogen and oxygen atoms in total. The van der Waals surface area contributed by atoms with Crippen LogP contribution in [-0.4, -0.2) is 14.8 Å². The summed E-state index contributed by atoms with van der Waals surface area (Å²) in [6.07, 6.45) is -1.47. The van der Waals surface area contributed by atoms with Gasteiger partial charge in [-0.2, -0.15) is 23.5 Å². The standard InChI is InChI=1S/C13H12F3N5/c1-8(2)21-7-10(6-18-21)19-12-9(5-17)3-4-11(20-12)13(14,15)16/h3-4,6-8H,1-2H3,(H,19,20). The second kappa shape index (κ2) is 5.44. The number of nitriles is 1. The summed E-state index contributed by atoms with van der Waals surface area (Å²) in [5, 5.41) is 15.7. The monoisotopic (exact) mass is 295 g/mol. The molecule has 0 fully saturated rings. The van der Waals surface area contributed by atoms with Crippen LogP contribution in [0.2, 0.25) is 0 Å². The average molecular weight is 295 g/mol. The van der Waals surface area contributed by atoms with Crippen LogP contribution in [0.3, 0.4) is 0 Å². The van der Waals surface area contributed by atoms with Crippen LogP contribution in [0.5, 0.6) is 0 Å². The molecule has 2 heterocycles. The molecule has 2 rings (SSSR count). The number of nitrogens with zero attached hydrogens (tertiary/aromatic N) is 4. The molecule has 0 unspecified atom stereocenters. The van der Waals surface area contributed by atoms with Crippen LogP contribution >= 0.6 is 0 Å². The Labute approximate surface area is 119 Å². The minimum absolute atomic E-state index is 0.0281. The molecule has 0 spiro atoms. The van der Waals surface area contributed by atoms with E-state index in [2.05, 4.69) is 15.4 Å². The van der Waals surface area contributed by atoms with Gasteiger partial charge < -0.3 is 5.32 Å². The van der Waals surface area contributed by atoms with Crippen molar-refractivity contribution < 1.29 is 13.2 Å². The Morgan fingerprint density at radius 2 is 2.05 bits per heavy atom. The van der Waals surface area contributed by atoms with Gasteiger partial charge in [0, 0.05) is 12.2 Å². The molecule has 2 aromatic rings. The van der Waals surface area contributed by atoms with Gasteiger partial charge in [0.25, 0.3) is 0 Å². The lowest BCUT2D eigenvalue weighted by Crippen LogP contribution is -2.10. The minimum atomic E-state index is -4.56. The fourth-order valence-electron chi connectivity index (χ4n) is 1.62. The second-order valence-corrected chi connectivity index (χ2v) is 4.63. The first kappa shape index (κ1) is 14.8. The van der Waals surface area contributed by atoms with E-state index in [1.165, 1.54) is 6.20 Å². The van der Waals surface area contributed by atoms with Crippen molar-refractivity contribution in [3.63, 3.8) is 0 Å². The minimum Gasteiger partial charge on any atom is -0.337 e. The number of halogens is 3. The maximum Gasteiger partial charge on any atom is 0.433 e. The number of nitrogens with one attached hydrogen (secondary N) is 1. The van der Waals surface area contributed by atoms with E-state index in [9.17, 15) is 13.2 Å². The van der Waals surface area contributed by atoms with Gasteiger partial charge in [-0.1, -0.05) is 0 Å². The molecule has 2 aromatic heterocycles. The Balaban J connectivity index is 2.35. The molecule has 0 aromatic carbocycles. The third-order valence-corrected chi connectivity index (χ3v) is 2.70. The van der Waals surface area contributed by atoms with E-state index in [-0.39, 0.29) is 17.4 Å². The molecule has 0 saturated heterocycles. The first-order valence-electron chi connectivity index (χ1n) is 6.11. The molecular formula is C13H12F3N5. The number of aromatic nitrogens is 3. The zero-order valence-electron chi connectivity index (χ0n) is 11.3. The van der Waals surface area contributed by atoms with E-state index in [4.69, 9.17) is 5.26 Å². The molecule has 21 heavy (non-hydrogen) atoms. The van der Waals surface area contributed by atoms with Gasteiger partial charge in [0.05, 0.1) is 17.4 Å². The zero-order chi connectivity index (χ0) is 15.6. The van der Waals surface area contributed by atoms with E-state index in [1.807, 2.05) is 13.8 Å². The fourth-order valence-corrected chi connectivity index (χ4v) is 1.62. The van der Waals surface area contributed by atoms with Crippen LogP contribution in [0, 0.1) is 11.3 Å². The van der Waals surface area contributed by atoms with Crippen molar-refractivity contribution in [2.24, 2.45) is 0 Å². The number of pyridine rings is 1. The van der Waals surface area contributed by atoms with Gasteiger partial charge in [0.15, 0.2) is 0 Å². The van der Waals surface area contributed by atoms with Crippen LogP contribution in [0.15, 0.2) is 24.5 Å². The van der Waals surface area contributed by atoms with Crippen molar-refractivity contribution in [1.82, 2.24) is 14.8 Å². The number of hydrogen-bond donors (Lipinski definition) is 1. The summed E-state index contributed by atoms with van der Waals surface area (Å²) in [6, 6.07) is 3.79. The van der Waals surface area contributed by atoms with E-state index < -0.39 is 11.9 Å². The zero-order valence-corrected chi connectivity index (χ0v) is 11.3. The van der Waals surface area contributed by atoms with Gasteiger partial charge in [-0.05, 0) is 26.0 Å². The van der Waals surface area contributed by atoms with Gasteiger partial charge in [-0.3, -0.25) is 4.68 Å². The molecule has 0 saturated carbocycles. The molecule has 8 heteroatoms. The molecule has 0 radical (unpaired) electrons. The highest BCUT2D eigenvalue weighted by atomic mass is 19.4. The third-order valence-electron chi connectivity index (χ3n) is 2.70. The predicted octanol–water partition coefficient (Wildman–Crippen LogP) is 3.49. The van der Waals surface area contributed by atoms with Crippen molar-refractivity contribution in [1.29, 1.82) is 5.26 Å². The Kier molecular flexibility index (Phi) is 3.84. The van der Waals surface area contributed by atoms with E-state index in [0.717, 1.165) is 12.1 Å². The topological polar surface area (TPSA) is 66.5 Å². The summed E-state index contributed by atoms with van der Waals surface area (Å²) in [5.74, 6) is -0.143. The van der Waals surface area contributed by atoms with E-state index in [1.54, 1.807) is 16.9 Å². The molecule has 0 aliphatic carbocycles. The summed E-state index contributed by atoms with van der Waals surface area (Å²) in [4.78, 5) is 3.47. The van der Waals surface area contributed by atoms with Gasteiger partial charge in [0.2, 0.25) is 0 Å². The van der Waals surface area contributed by atoms with Crippen LogP contribution in [-0.2, 0) is 6.18 Å². The van der Waals surface area contributed by atoms with Gasteiger partial charge in [0.1, 0.15) is 17.6 Å². The maximum atomic E-state index is 12.7. The summed E-state index contributed by atoms with van der Waals surface area (Å²) in [6.45, 7) is 3.83. The molecule has 1 N–H and O–H groups in total. The highest BCUT2D eigenvalue weighted by molar-refractivity contribution is 5.61. The second-order valence-electron chi connectivity index (χ2n) is 4.63. The molecule has 0 aliphatic rings. The lowest BCUT2D eigenvalue weighted by atomic mass is 10.2. The fraction of sp³-hybridized carbons (Fsp3) is 0.308. The molecule has 0 amide bonds. The first-order valence-corrected chi connectivity index (χ1v) is 6.11. The normalized spacial score (nSPS) is 11.5. The summed E-state index contributed by atoms with van der Waals surface area (Å²) >= 11 is 0. The summed E-state index contributed by atoms with van der Waals surface area (Å²) in [7, 11) is 0. The van der Waals surface area contributed by atoms with Crippen LogP contribution in [0.4, 0.5) is 24.7 Å². The molecular weight excluding hydrogens is 283 g/mol. The first-order chi connectivity index (χ1) is 9.81. The van der Waals surface area contributed by atoms with Crippen molar-refractivity contribution >= 4 is 11.5 Å². The van der Waals surface area contributed by atoms with Crippen molar-refractivity contribution in [3.8, 4) is 6.07 Å². The number of anilines is 2. The van der Waals surface area contributed by atoms with Crippen LogP contribution in [0.1, 0.15) is 31.1 Å². The van der Waals surface area contributed by atoms with Crippen molar-refractivity contribution in [3.05, 3.63) is 35.8 Å². The van der Waals surface area contributed by atoms with Crippen LogP contribution in [0.25, 0.3) is 0 Å². The molecule has 0 atom stereocenters. The number of alkyl halides is 3. The van der Waals surface area contributed by atoms with Crippen molar-refractivity contribution in [2.45, 2.75) is 26.1 Å². The Morgan fingerprint density at radius 1 is 1.33 bits per heavy atom. The SMILES string of the molecule is CC(C)n1cc(Nc2nc(C(F)(F)F)ccc2C#N)cn1. The lowest BCUT2D eigenvalue weighted by molar-refractivity contribution is -0.141. The van der Waals surface area contributed by atoms with Gasteiger partial charge in [-0.25, -0.2) is 4.98 Å². The third kappa shape index (κ3) is 3.31. The summed E-state index contributed by atoms with van der Waals surface area (Å²) < 4.78 is 39.6. The number of rotatable bonds is 3. The highest BCUT2D eigenvalue weighted by Crippen LogP contribution is 2.30. The van der Waals surface area contributed by atoms with Crippen molar-refractivity contribution in [2.75, 3.05) is 5.32 Å². The molecule has 110 valence electrons. The van der Waals surface area contributed by atoms with Gasteiger partial charge >= 0.3 is 6.18 Å². The van der Waals surface area contributed by atoms with E-state index >= 15 is 0 Å². The van der Waals surface area contributed by atoms with Gasteiger partial charge in [-0.15, -0.1) is 0 Å². The number of hydrogen-bond acceptors (Lipinski definition) is 4. The average Bonchev–Trinajstić information content (AvgIpc) is 2.86. The smallest absolute Gasteiger partial charge is 0.337 e. The Morgan fingerprint density at radius 3 is 2.57 bits per heavy atom.